The summed E-state index contributed by atoms with van der Waals surface area (Å²) >= 11 is 9.74. The Balaban J connectivity index is 2.08. The molecule has 0 fully saturated rings. The highest BCUT2D eigenvalue weighted by Gasteiger charge is 2.17. The second-order valence-electron chi connectivity index (χ2n) is 4.88. The molecule has 0 bridgehead atoms. The maximum atomic E-state index is 10.3. The Morgan fingerprint density at radius 2 is 2.15 bits per heavy atom. The van der Waals surface area contributed by atoms with Gasteiger partial charge in [-0.1, -0.05) is 46.6 Å². The Morgan fingerprint density at radius 1 is 1.40 bits per heavy atom. The quantitative estimate of drug-likeness (QED) is 0.889. The van der Waals surface area contributed by atoms with E-state index in [4.69, 9.17) is 11.6 Å². The van der Waals surface area contributed by atoms with Crippen LogP contribution in [-0.4, -0.2) is 21.0 Å². The van der Waals surface area contributed by atoms with E-state index < -0.39 is 6.10 Å². The lowest BCUT2D eigenvalue weighted by molar-refractivity contribution is 0.173. The number of hydrogen-bond donors (Lipinski definition) is 1. The van der Waals surface area contributed by atoms with Crippen molar-refractivity contribution in [2.75, 3.05) is 0 Å². The van der Waals surface area contributed by atoms with Crippen LogP contribution in [-0.2, 0) is 26.3 Å². The number of nitrogens with zero attached hydrogens (tertiary/aromatic N) is 2. The van der Waals surface area contributed by atoms with E-state index in [-0.39, 0.29) is 0 Å². The summed E-state index contributed by atoms with van der Waals surface area (Å²) in [6.45, 7) is 2.02. The molecule has 1 unspecified atom stereocenters. The average molecular weight is 358 g/mol. The molecule has 0 saturated heterocycles. The van der Waals surface area contributed by atoms with Crippen molar-refractivity contribution in [3.63, 3.8) is 0 Å². The molecule has 1 atom stereocenters. The molecule has 0 amide bonds. The zero-order valence-corrected chi connectivity index (χ0v) is 13.9. The van der Waals surface area contributed by atoms with E-state index in [9.17, 15) is 5.11 Å². The first-order valence-corrected chi connectivity index (χ1v) is 7.81. The van der Waals surface area contributed by atoms with Gasteiger partial charge in [-0.25, -0.2) is 0 Å². The van der Waals surface area contributed by atoms with Gasteiger partial charge in [0.1, 0.15) is 0 Å². The highest BCUT2D eigenvalue weighted by Crippen LogP contribution is 2.23. The maximum absolute atomic E-state index is 10.3. The summed E-state index contributed by atoms with van der Waals surface area (Å²) in [6.07, 6.45) is 1.44. The fourth-order valence-electron chi connectivity index (χ4n) is 2.27. The van der Waals surface area contributed by atoms with E-state index in [1.54, 1.807) is 4.68 Å². The second kappa shape index (κ2) is 6.74. The monoisotopic (exact) mass is 356 g/mol. The van der Waals surface area contributed by atoms with E-state index in [2.05, 4.69) is 21.0 Å². The summed E-state index contributed by atoms with van der Waals surface area (Å²) in [5, 5.41) is 15.3. The van der Waals surface area contributed by atoms with Crippen molar-refractivity contribution in [3.8, 4) is 0 Å². The van der Waals surface area contributed by atoms with Crippen molar-refractivity contribution in [2.45, 2.75) is 32.3 Å². The SMILES string of the molecule is CCc1nn(C)c(CC(O)Cc2cccc(Br)c2)c1Cl. The van der Waals surface area contributed by atoms with Gasteiger partial charge in [-0.2, -0.15) is 5.10 Å². The van der Waals surface area contributed by atoms with Gasteiger partial charge in [-0.15, -0.1) is 0 Å². The molecule has 108 valence electrons. The molecule has 20 heavy (non-hydrogen) atoms. The molecule has 3 nitrogen and oxygen atoms in total. The van der Waals surface area contributed by atoms with Gasteiger partial charge in [-0.05, 0) is 30.5 Å². The average Bonchev–Trinajstić information content (AvgIpc) is 2.66. The van der Waals surface area contributed by atoms with Gasteiger partial charge in [-0.3, -0.25) is 4.68 Å². The molecule has 0 spiro atoms. The van der Waals surface area contributed by atoms with E-state index >= 15 is 0 Å². The third-order valence-corrected chi connectivity index (χ3v) is 4.22. The third kappa shape index (κ3) is 3.62. The summed E-state index contributed by atoms with van der Waals surface area (Å²) in [6, 6.07) is 7.97. The number of rotatable bonds is 5. The Bertz CT molecular complexity index is 598. The van der Waals surface area contributed by atoms with E-state index in [0.717, 1.165) is 27.8 Å². The topological polar surface area (TPSA) is 38.0 Å². The second-order valence-corrected chi connectivity index (χ2v) is 6.17. The van der Waals surface area contributed by atoms with E-state index in [1.165, 1.54) is 0 Å². The number of aliphatic hydroxyl groups is 1. The first kappa shape index (κ1) is 15.5. The molecule has 0 aliphatic carbocycles. The molecule has 0 aliphatic heterocycles. The predicted molar refractivity (Wildman–Crippen MR) is 85.2 cm³/mol. The van der Waals surface area contributed by atoms with Crippen molar-refractivity contribution < 1.29 is 5.11 Å². The van der Waals surface area contributed by atoms with Crippen molar-refractivity contribution in [1.29, 1.82) is 0 Å². The van der Waals surface area contributed by atoms with Gasteiger partial charge in [0.2, 0.25) is 0 Å². The molecule has 0 aliphatic rings. The number of hydrogen-bond acceptors (Lipinski definition) is 2. The first-order valence-electron chi connectivity index (χ1n) is 6.64. The van der Waals surface area contributed by atoms with E-state index in [1.807, 2.05) is 38.2 Å². The summed E-state index contributed by atoms with van der Waals surface area (Å²) in [5.74, 6) is 0. The molecule has 5 heteroatoms. The van der Waals surface area contributed by atoms with Crippen molar-refractivity contribution in [2.24, 2.45) is 7.05 Å². The lowest BCUT2D eigenvalue weighted by Crippen LogP contribution is -2.16. The van der Waals surface area contributed by atoms with Crippen LogP contribution in [0.2, 0.25) is 5.02 Å². The van der Waals surface area contributed by atoms with Crippen LogP contribution >= 0.6 is 27.5 Å². The summed E-state index contributed by atoms with van der Waals surface area (Å²) in [4.78, 5) is 0. The highest BCUT2D eigenvalue weighted by molar-refractivity contribution is 9.10. The minimum atomic E-state index is -0.470. The molecule has 1 N–H and O–H groups in total. The summed E-state index contributed by atoms with van der Waals surface area (Å²) in [7, 11) is 1.87. The fraction of sp³-hybridized carbons (Fsp3) is 0.400. The van der Waals surface area contributed by atoms with Gasteiger partial charge < -0.3 is 5.11 Å². The molecule has 1 aromatic heterocycles. The van der Waals surface area contributed by atoms with Gasteiger partial charge in [0.05, 0.1) is 22.5 Å². The lowest BCUT2D eigenvalue weighted by Gasteiger charge is -2.11. The van der Waals surface area contributed by atoms with Gasteiger partial charge in [0, 0.05) is 17.9 Å². The van der Waals surface area contributed by atoms with Gasteiger partial charge in [0.15, 0.2) is 0 Å². The zero-order chi connectivity index (χ0) is 14.7. The summed E-state index contributed by atoms with van der Waals surface area (Å²) < 4.78 is 2.79. The van der Waals surface area contributed by atoms with Crippen molar-refractivity contribution in [1.82, 2.24) is 9.78 Å². The Labute approximate surface area is 132 Å². The first-order chi connectivity index (χ1) is 9.51. The van der Waals surface area contributed by atoms with Crippen molar-refractivity contribution >= 4 is 27.5 Å². The minimum Gasteiger partial charge on any atom is -0.392 e. The van der Waals surface area contributed by atoms with Crippen LogP contribution in [0.15, 0.2) is 28.7 Å². The smallest absolute Gasteiger partial charge is 0.0850 e. The lowest BCUT2D eigenvalue weighted by atomic mass is 10.0. The van der Waals surface area contributed by atoms with Crippen LogP contribution in [0.5, 0.6) is 0 Å². The summed E-state index contributed by atoms with van der Waals surface area (Å²) in [5.41, 5.74) is 2.88. The van der Waals surface area contributed by atoms with Crippen LogP contribution in [0.25, 0.3) is 0 Å². The Hall–Kier alpha value is -0.840. The molecule has 0 radical (unpaired) electrons. The van der Waals surface area contributed by atoms with Crippen molar-refractivity contribution in [3.05, 3.63) is 50.7 Å². The number of benzene rings is 1. The normalized spacial score (nSPS) is 12.7. The molecule has 0 saturated carbocycles. The number of aryl methyl sites for hydroxylation is 2. The molecule has 1 heterocycles. The third-order valence-electron chi connectivity index (χ3n) is 3.29. The number of aromatic nitrogens is 2. The standard InChI is InChI=1S/C15H18BrClN2O/c1-3-13-15(17)14(19(2)18-13)9-12(20)8-10-5-4-6-11(16)7-10/h4-7,12,20H,3,8-9H2,1-2H3. The molecular weight excluding hydrogens is 340 g/mol. The molecule has 1 aromatic carbocycles. The van der Waals surface area contributed by atoms with Crippen LogP contribution in [0.3, 0.4) is 0 Å². The minimum absolute atomic E-state index is 0.470. The van der Waals surface area contributed by atoms with Gasteiger partial charge >= 0.3 is 0 Å². The maximum Gasteiger partial charge on any atom is 0.0850 e. The number of halogens is 2. The highest BCUT2D eigenvalue weighted by atomic mass is 79.9. The Kier molecular flexibility index (Phi) is 5.24. The number of aliphatic hydroxyl groups excluding tert-OH is 1. The molecule has 2 rings (SSSR count). The van der Waals surface area contributed by atoms with Crippen LogP contribution in [0.4, 0.5) is 0 Å². The molecular formula is C15H18BrClN2O. The largest absolute Gasteiger partial charge is 0.392 e. The van der Waals surface area contributed by atoms with Crippen LogP contribution in [0.1, 0.15) is 23.9 Å². The Morgan fingerprint density at radius 3 is 2.75 bits per heavy atom. The fourth-order valence-corrected chi connectivity index (χ4v) is 3.09. The molecule has 2 aromatic rings. The van der Waals surface area contributed by atoms with Crippen LogP contribution < -0.4 is 0 Å². The van der Waals surface area contributed by atoms with Crippen LogP contribution in [0, 0.1) is 0 Å². The zero-order valence-electron chi connectivity index (χ0n) is 11.6. The van der Waals surface area contributed by atoms with E-state index in [0.29, 0.717) is 17.9 Å². The predicted octanol–water partition coefficient (Wildman–Crippen LogP) is 3.54. The van der Waals surface area contributed by atoms with Gasteiger partial charge in [0.25, 0.3) is 0 Å².